The first-order valence-electron chi connectivity index (χ1n) is 8.67. The van der Waals surface area contributed by atoms with Crippen molar-refractivity contribution in [1.29, 1.82) is 0 Å². The number of aliphatic hydroxyl groups excluding tert-OH is 1. The van der Waals surface area contributed by atoms with Gasteiger partial charge in [0.05, 0.1) is 0 Å². The maximum Gasteiger partial charge on any atom is 0.0431 e. The van der Waals surface area contributed by atoms with Crippen molar-refractivity contribution in [3.8, 4) is 0 Å². The second kappa shape index (κ2) is 21.4. The van der Waals surface area contributed by atoms with Crippen LogP contribution in [0.15, 0.2) is 12.2 Å². The molecule has 0 aliphatic rings. The van der Waals surface area contributed by atoms with Crippen molar-refractivity contribution in [2.75, 3.05) is 6.61 Å². The second-order valence-electron chi connectivity index (χ2n) is 5.66. The summed E-state index contributed by atoms with van der Waals surface area (Å²) in [5.74, 6) is 0. The summed E-state index contributed by atoms with van der Waals surface area (Å²) in [6, 6.07) is 0. The standard InChI is InChI=1S/C18H36O.H3P/c1-2-3-4-5-6-7-8-9-10-11-12-13-14-15-16-17-18-19;/h9-10,19H,2-8,11-18H2,1H3;1H3/b10-9-;. The third-order valence-electron chi connectivity index (χ3n) is 3.67. The van der Waals surface area contributed by atoms with Gasteiger partial charge in [-0.05, 0) is 32.1 Å². The molecule has 0 amide bonds. The average molecular weight is 302 g/mol. The monoisotopic (exact) mass is 302 g/mol. The minimum absolute atomic E-state index is 0. The highest BCUT2D eigenvalue weighted by atomic mass is 31.0. The molecule has 0 aromatic carbocycles. The zero-order valence-corrected chi connectivity index (χ0v) is 15.3. The fourth-order valence-corrected chi connectivity index (χ4v) is 2.36. The highest BCUT2D eigenvalue weighted by molar-refractivity contribution is 6.92. The Hall–Kier alpha value is 0.130. The van der Waals surface area contributed by atoms with E-state index in [0.29, 0.717) is 6.61 Å². The van der Waals surface area contributed by atoms with E-state index in [0.717, 1.165) is 6.42 Å². The Balaban J connectivity index is 0. The minimum atomic E-state index is 0. The molecule has 0 aromatic heterocycles. The van der Waals surface area contributed by atoms with E-state index >= 15 is 0 Å². The smallest absolute Gasteiger partial charge is 0.0431 e. The number of hydrogen-bond donors (Lipinski definition) is 1. The Bertz CT molecular complexity index is 180. The third-order valence-corrected chi connectivity index (χ3v) is 3.67. The first kappa shape index (κ1) is 22.4. The average Bonchev–Trinajstić information content (AvgIpc) is 2.43. The molecule has 0 saturated heterocycles. The molecule has 1 atom stereocenters. The molecule has 0 rings (SSSR count). The normalized spacial score (nSPS) is 10.9. The van der Waals surface area contributed by atoms with Crippen LogP contribution in [0, 0.1) is 0 Å². The Kier molecular flexibility index (Phi) is 24.0. The molecule has 122 valence electrons. The lowest BCUT2D eigenvalue weighted by Crippen LogP contribution is -1.83. The van der Waals surface area contributed by atoms with E-state index in [9.17, 15) is 0 Å². The van der Waals surface area contributed by atoms with Gasteiger partial charge >= 0.3 is 0 Å². The van der Waals surface area contributed by atoms with Crippen LogP contribution < -0.4 is 0 Å². The SMILES string of the molecule is CCCCCCCC/C=C\CCCCCCCCO.P. The lowest BCUT2D eigenvalue weighted by atomic mass is 10.1. The lowest BCUT2D eigenvalue weighted by Gasteiger charge is -1.99. The van der Waals surface area contributed by atoms with Gasteiger partial charge in [0, 0.05) is 6.61 Å². The summed E-state index contributed by atoms with van der Waals surface area (Å²) in [6.07, 6.45) is 23.2. The molecule has 1 N–H and O–H groups in total. The van der Waals surface area contributed by atoms with Gasteiger partial charge in [0.2, 0.25) is 0 Å². The molecule has 0 heterocycles. The molecule has 0 fully saturated rings. The van der Waals surface area contributed by atoms with Gasteiger partial charge in [0.25, 0.3) is 0 Å². The van der Waals surface area contributed by atoms with E-state index in [1.165, 1.54) is 83.5 Å². The zero-order valence-electron chi connectivity index (χ0n) is 13.9. The molecule has 0 aromatic rings. The molecule has 0 saturated carbocycles. The van der Waals surface area contributed by atoms with Crippen molar-refractivity contribution in [2.24, 2.45) is 0 Å². The predicted molar refractivity (Wildman–Crippen MR) is 97.6 cm³/mol. The van der Waals surface area contributed by atoms with Crippen LogP contribution in [0.3, 0.4) is 0 Å². The second-order valence-corrected chi connectivity index (χ2v) is 5.66. The Labute approximate surface area is 131 Å². The van der Waals surface area contributed by atoms with E-state index in [4.69, 9.17) is 5.11 Å². The van der Waals surface area contributed by atoms with Gasteiger partial charge in [-0.2, -0.15) is 9.90 Å². The molecule has 0 bridgehead atoms. The van der Waals surface area contributed by atoms with Crippen molar-refractivity contribution in [3.05, 3.63) is 12.2 Å². The summed E-state index contributed by atoms with van der Waals surface area (Å²) in [4.78, 5) is 0. The maximum absolute atomic E-state index is 8.66. The molecule has 0 radical (unpaired) electrons. The third kappa shape index (κ3) is 20.4. The van der Waals surface area contributed by atoms with Crippen molar-refractivity contribution in [3.63, 3.8) is 0 Å². The van der Waals surface area contributed by atoms with E-state index < -0.39 is 0 Å². The van der Waals surface area contributed by atoms with Gasteiger partial charge < -0.3 is 5.11 Å². The van der Waals surface area contributed by atoms with Crippen molar-refractivity contribution in [1.82, 2.24) is 0 Å². The topological polar surface area (TPSA) is 20.2 Å². The van der Waals surface area contributed by atoms with Crippen LogP contribution >= 0.6 is 9.90 Å². The quantitative estimate of drug-likeness (QED) is 0.221. The fraction of sp³-hybridized carbons (Fsp3) is 0.889. The number of rotatable bonds is 15. The number of allylic oxidation sites excluding steroid dienone is 2. The van der Waals surface area contributed by atoms with Gasteiger partial charge in [-0.3, -0.25) is 0 Å². The lowest BCUT2D eigenvalue weighted by molar-refractivity contribution is 0.282. The Morgan fingerprint density at radius 3 is 1.45 bits per heavy atom. The van der Waals surface area contributed by atoms with Crippen LogP contribution in [-0.4, -0.2) is 11.7 Å². The zero-order chi connectivity index (χ0) is 14.0. The summed E-state index contributed by atoms with van der Waals surface area (Å²) in [5, 5.41) is 8.66. The number of aliphatic hydroxyl groups is 1. The van der Waals surface area contributed by atoms with Crippen LogP contribution in [0.1, 0.15) is 96.8 Å². The molecule has 0 spiro atoms. The maximum atomic E-state index is 8.66. The summed E-state index contributed by atoms with van der Waals surface area (Å²) < 4.78 is 0. The predicted octanol–water partition coefficient (Wildman–Crippen LogP) is 6.07. The summed E-state index contributed by atoms with van der Waals surface area (Å²) in [6.45, 7) is 2.64. The Morgan fingerprint density at radius 1 is 0.600 bits per heavy atom. The van der Waals surface area contributed by atoms with E-state index in [1.807, 2.05) is 0 Å². The molecular weight excluding hydrogens is 263 g/mol. The van der Waals surface area contributed by atoms with Crippen molar-refractivity contribution < 1.29 is 5.11 Å². The van der Waals surface area contributed by atoms with Crippen LogP contribution in [0.4, 0.5) is 0 Å². The van der Waals surface area contributed by atoms with Gasteiger partial charge in [-0.1, -0.05) is 76.9 Å². The number of unbranched alkanes of at least 4 members (excludes halogenated alkanes) is 12. The summed E-state index contributed by atoms with van der Waals surface area (Å²) in [5.41, 5.74) is 0. The molecule has 0 aliphatic carbocycles. The highest BCUT2D eigenvalue weighted by Gasteiger charge is 1.90. The summed E-state index contributed by atoms with van der Waals surface area (Å²) >= 11 is 0. The molecule has 0 aliphatic heterocycles. The fourth-order valence-electron chi connectivity index (χ4n) is 2.36. The van der Waals surface area contributed by atoms with Gasteiger partial charge in [-0.25, -0.2) is 0 Å². The first-order valence-corrected chi connectivity index (χ1v) is 8.67. The number of hydrogen-bond acceptors (Lipinski definition) is 1. The van der Waals surface area contributed by atoms with Crippen LogP contribution in [0.2, 0.25) is 0 Å². The van der Waals surface area contributed by atoms with E-state index in [-0.39, 0.29) is 9.90 Å². The minimum Gasteiger partial charge on any atom is -0.396 e. The molecule has 20 heavy (non-hydrogen) atoms. The van der Waals surface area contributed by atoms with Crippen LogP contribution in [0.5, 0.6) is 0 Å². The van der Waals surface area contributed by atoms with Crippen molar-refractivity contribution >= 4 is 9.90 Å². The van der Waals surface area contributed by atoms with Crippen LogP contribution in [-0.2, 0) is 0 Å². The highest BCUT2D eigenvalue weighted by Crippen LogP contribution is 2.09. The largest absolute Gasteiger partial charge is 0.396 e. The van der Waals surface area contributed by atoms with Crippen LogP contribution in [0.25, 0.3) is 0 Å². The molecule has 1 nitrogen and oxygen atoms in total. The van der Waals surface area contributed by atoms with Gasteiger partial charge in [0.1, 0.15) is 0 Å². The molecular formula is C18H39OP. The molecule has 1 unspecified atom stereocenters. The van der Waals surface area contributed by atoms with Crippen molar-refractivity contribution in [2.45, 2.75) is 96.8 Å². The van der Waals surface area contributed by atoms with Gasteiger partial charge in [0.15, 0.2) is 0 Å². The molecule has 2 heteroatoms. The summed E-state index contributed by atoms with van der Waals surface area (Å²) in [7, 11) is 0. The first-order chi connectivity index (χ1) is 9.41. The van der Waals surface area contributed by atoms with E-state index in [2.05, 4.69) is 19.1 Å². The van der Waals surface area contributed by atoms with E-state index in [1.54, 1.807) is 0 Å². The van der Waals surface area contributed by atoms with Gasteiger partial charge in [-0.15, -0.1) is 0 Å². The Morgan fingerprint density at radius 2 is 1.00 bits per heavy atom.